The van der Waals surface area contributed by atoms with Gasteiger partial charge in [-0.05, 0) is 84.3 Å². The van der Waals surface area contributed by atoms with Gasteiger partial charge in [0.25, 0.3) is 5.91 Å². The molecule has 0 aliphatic carbocycles. The molecule has 34 heavy (non-hydrogen) atoms. The highest BCUT2D eigenvalue weighted by Gasteiger charge is 2.35. The smallest absolute Gasteiger partial charge is 0.271 e. The Morgan fingerprint density at radius 3 is 2.12 bits per heavy atom. The minimum atomic E-state index is -0.122. The molecule has 3 aromatic carbocycles. The summed E-state index contributed by atoms with van der Waals surface area (Å²) in [7, 11) is 3.23. The first-order valence-electron chi connectivity index (χ1n) is 11.3. The summed E-state index contributed by atoms with van der Waals surface area (Å²) in [4.78, 5) is 20.7. The Bertz CT molecular complexity index is 1230. The summed E-state index contributed by atoms with van der Waals surface area (Å²) in [6.07, 6.45) is 3.74. The fourth-order valence-electron chi connectivity index (χ4n) is 3.67. The first-order chi connectivity index (χ1) is 16.6. The minimum absolute atomic E-state index is 0.122. The maximum Gasteiger partial charge on any atom is 0.271 e. The number of nitrogens with zero attached hydrogens (tertiary/aromatic N) is 2. The van der Waals surface area contributed by atoms with Gasteiger partial charge in [0, 0.05) is 5.56 Å². The van der Waals surface area contributed by atoms with Gasteiger partial charge >= 0.3 is 0 Å². The van der Waals surface area contributed by atoms with Crippen molar-refractivity contribution in [3.8, 4) is 11.5 Å². The lowest BCUT2D eigenvalue weighted by molar-refractivity contribution is -0.113. The molecular formula is C28H28N2O3S. The number of ether oxygens (including phenoxy) is 2. The normalized spacial score (nSPS) is 15.9. The van der Waals surface area contributed by atoms with Crippen LogP contribution in [0.2, 0.25) is 0 Å². The third kappa shape index (κ3) is 5.02. The highest BCUT2D eigenvalue weighted by Crippen LogP contribution is 2.39. The second kappa shape index (κ2) is 10.6. The van der Waals surface area contributed by atoms with E-state index >= 15 is 0 Å². The van der Waals surface area contributed by atoms with Gasteiger partial charge in [-0.1, -0.05) is 38.1 Å². The number of hydrogen-bond donors (Lipinski definition) is 0. The number of aliphatic imine (C=N–C) groups is 1. The molecule has 0 unspecified atom stereocenters. The fourth-order valence-corrected chi connectivity index (χ4v) is 4.66. The van der Waals surface area contributed by atoms with E-state index in [1.54, 1.807) is 19.1 Å². The number of anilines is 1. The van der Waals surface area contributed by atoms with Crippen LogP contribution in [0.4, 0.5) is 11.4 Å². The zero-order valence-corrected chi connectivity index (χ0v) is 20.7. The number of amides is 1. The monoisotopic (exact) mass is 472 g/mol. The van der Waals surface area contributed by atoms with Crippen molar-refractivity contribution in [3.63, 3.8) is 0 Å². The summed E-state index contributed by atoms with van der Waals surface area (Å²) in [6, 6.07) is 21.7. The summed E-state index contributed by atoms with van der Waals surface area (Å²) in [5, 5.41) is 0.617. The lowest BCUT2D eigenvalue weighted by Gasteiger charge is -2.16. The van der Waals surface area contributed by atoms with Crippen LogP contribution < -0.4 is 14.4 Å². The number of carbonyl (C=O) groups excluding carboxylic acids is 1. The van der Waals surface area contributed by atoms with E-state index < -0.39 is 0 Å². The van der Waals surface area contributed by atoms with Gasteiger partial charge in [0.05, 0.1) is 30.5 Å². The third-order valence-electron chi connectivity index (χ3n) is 5.70. The molecule has 0 spiro atoms. The number of thioether (sulfide) groups is 1. The second-order valence-corrected chi connectivity index (χ2v) is 8.80. The molecule has 1 heterocycles. The van der Waals surface area contributed by atoms with Crippen molar-refractivity contribution < 1.29 is 14.3 Å². The van der Waals surface area contributed by atoms with Crippen molar-refractivity contribution in [1.82, 2.24) is 0 Å². The molecule has 174 valence electrons. The van der Waals surface area contributed by atoms with Gasteiger partial charge in [-0.2, -0.15) is 0 Å². The fraction of sp³-hybridized carbons (Fsp3) is 0.214. The largest absolute Gasteiger partial charge is 0.497 e. The Morgan fingerprint density at radius 2 is 1.53 bits per heavy atom. The highest BCUT2D eigenvalue weighted by atomic mass is 32.2. The molecule has 0 N–H and O–H groups in total. The van der Waals surface area contributed by atoms with Crippen molar-refractivity contribution >= 4 is 40.3 Å². The number of benzene rings is 3. The molecule has 0 atom stereocenters. The van der Waals surface area contributed by atoms with Crippen molar-refractivity contribution in [1.29, 1.82) is 0 Å². The first kappa shape index (κ1) is 23.6. The summed E-state index contributed by atoms with van der Waals surface area (Å²) >= 11 is 1.36. The number of aryl methyl sites for hydroxylation is 2. The van der Waals surface area contributed by atoms with E-state index in [-0.39, 0.29) is 5.91 Å². The molecule has 1 saturated heterocycles. The maximum atomic E-state index is 13.6. The molecule has 3 aromatic rings. The Balaban J connectivity index is 1.78. The molecular weight excluding hydrogens is 444 g/mol. The summed E-state index contributed by atoms with van der Waals surface area (Å²) in [6.45, 7) is 4.24. The van der Waals surface area contributed by atoms with E-state index in [0.717, 1.165) is 29.8 Å². The Labute approximate surface area is 205 Å². The van der Waals surface area contributed by atoms with Crippen LogP contribution in [0.3, 0.4) is 0 Å². The average Bonchev–Trinajstić information content (AvgIpc) is 3.18. The topological polar surface area (TPSA) is 51.1 Å². The number of carbonyl (C=O) groups is 1. The van der Waals surface area contributed by atoms with Crippen molar-refractivity contribution in [2.45, 2.75) is 26.7 Å². The van der Waals surface area contributed by atoms with E-state index in [9.17, 15) is 4.79 Å². The second-order valence-electron chi connectivity index (χ2n) is 7.79. The predicted octanol–water partition coefficient (Wildman–Crippen LogP) is 6.64. The Kier molecular flexibility index (Phi) is 7.38. The van der Waals surface area contributed by atoms with Gasteiger partial charge in [-0.25, -0.2) is 4.99 Å². The van der Waals surface area contributed by atoms with Crippen LogP contribution in [-0.4, -0.2) is 25.3 Å². The predicted molar refractivity (Wildman–Crippen MR) is 141 cm³/mol. The van der Waals surface area contributed by atoms with Crippen molar-refractivity contribution in [2.24, 2.45) is 4.99 Å². The van der Waals surface area contributed by atoms with Crippen LogP contribution in [0.15, 0.2) is 76.6 Å². The first-order valence-corrected chi connectivity index (χ1v) is 12.1. The van der Waals surface area contributed by atoms with Gasteiger partial charge in [0.15, 0.2) is 5.17 Å². The lowest BCUT2D eigenvalue weighted by Crippen LogP contribution is -2.28. The van der Waals surface area contributed by atoms with Crippen LogP contribution in [-0.2, 0) is 17.6 Å². The van der Waals surface area contributed by atoms with Gasteiger partial charge < -0.3 is 9.47 Å². The average molecular weight is 473 g/mol. The maximum absolute atomic E-state index is 13.6. The van der Waals surface area contributed by atoms with Crippen LogP contribution in [0.1, 0.15) is 30.5 Å². The summed E-state index contributed by atoms with van der Waals surface area (Å²) in [5.74, 6) is 1.24. The summed E-state index contributed by atoms with van der Waals surface area (Å²) in [5.41, 5.74) is 4.83. The quantitative estimate of drug-likeness (QED) is 0.362. The van der Waals surface area contributed by atoms with Crippen LogP contribution in [0.25, 0.3) is 6.08 Å². The minimum Gasteiger partial charge on any atom is -0.497 e. The molecule has 0 bridgehead atoms. The van der Waals surface area contributed by atoms with Crippen molar-refractivity contribution in [3.05, 3.63) is 88.3 Å². The lowest BCUT2D eigenvalue weighted by atomic mass is 10.1. The zero-order chi connectivity index (χ0) is 24.1. The van der Waals surface area contributed by atoms with Gasteiger partial charge in [-0.15, -0.1) is 0 Å². The van der Waals surface area contributed by atoms with E-state index in [1.165, 1.54) is 22.9 Å². The zero-order valence-electron chi connectivity index (χ0n) is 19.9. The molecule has 1 aliphatic heterocycles. The highest BCUT2D eigenvalue weighted by molar-refractivity contribution is 8.19. The molecule has 0 aromatic heterocycles. The number of amidine groups is 1. The van der Waals surface area contributed by atoms with Crippen molar-refractivity contribution in [2.75, 3.05) is 19.1 Å². The molecule has 0 radical (unpaired) electrons. The standard InChI is InChI=1S/C28H28N2O3S/c1-5-19-7-11-22(12-8-19)29-28-30(23-13-9-20(6-2)10-14-23)27(31)26(34-28)18-21-17-24(32-3)15-16-25(21)33-4/h7-18H,5-6H2,1-4H3/b26-18-,29-28?. The molecule has 1 aliphatic rings. The molecule has 1 fully saturated rings. The van der Waals surface area contributed by atoms with E-state index in [4.69, 9.17) is 14.5 Å². The number of rotatable bonds is 7. The van der Waals surface area contributed by atoms with Crippen LogP contribution >= 0.6 is 11.8 Å². The van der Waals surface area contributed by atoms with Gasteiger partial charge in [0.2, 0.25) is 0 Å². The van der Waals surface area contributed by atoms with Gasteiger partial charge in [0.1, 0.15) is 11.5 Å². The molecule has 0 saturated carbocycles. The summed E-state index contributed by atoms with van der Waals surface area (Å²) < 4.78 is 10.9. The Morgan fingerprint density at radius 1 is 0.882 bits per heavy atom. The Hall–Kier alpha value is -3.51. The van der Waals surface area contributed by atoms with E-state index in [0.29, 0.717) is 21.6 Å². The molecule has 1 amide bonds. The number of hydrogen-bond acceptors (Lipinski definition) is 5. The SMILES string of the molecule is CCc1ccc(N=C2S/C(=C\c3cc(OC)ccc3OC)C(=O)N2c2ccc(CC)cc2)cc1. The van der Waals surface area contributed by atoms with E-state index in [2.05, 4.69) is 26.0 Å². The van der Waals surface area contributed by atoms with E-state index in [1.807, 2.05) is 60.7 Å². The van der Waals surface area contributed by atoms with Crippen LogP contribution in [0.5, 0.6) is 11.5 Å². The molecule has 5 nitrogen and oxygen atoms in total. The molecule has 4 rings (SSSR count). The van der Waals surface area contributed by atoms with Crippen LogP contribution in [0, 0.1) is 0 Å². The van der Waals surface area contributed by atoms with Gasteiger partial charge in [-0.3, -0.25) is 9.69 Å². The number of methoxy groups -OCH3 is 2. The molecule has 6 heteroatoms. The third-order valence-corrected chi connectivity index (χ3v) is 6.67.